The molecule has 0 amide bonds. The highest BCUT2D eigenvalue weighted by molar-refractivity contribution is 6.31. The van der Waals surface area contributed by atoms with Gasteiger partial charge < -0.3 is 5.73 Å². The zero-order valence-electron chi connectivity index (χ0n) is 8.95. The molecule has 1 nitrogen and oxygen atoms in total. The van der Waals surface area contributed by atoms with E-state index in [1.165, 1.54) is 25.7 Å². The molecule has 1 atom stereocenters. The van der Waals surface area contributed by atoms with Crippen LogP contribution < -0.4 is 5.73 Å². The molecule has 0 bridgehead atoms. The summed E-state index contributed by atoms with van der Waals surface area (Å²) in [5, 5.41) is 0.808. The molecule has 0 heterocycles. The second kappa shape index (κ2) is 5.00. The van der Waals surface area contributed by atoms with Crippen molar-refractivity contribution in [3.8, 4) is 0 Å². The van der Waals surface area contributed by atoms with E-state index >= 15 is 0 Å². The van der Waals surface area contributed by atoms with Crippen molar-refractivity contribution in [1.82, 2.24) is 0 Å². The molecular formula is C13H18ClN. The summed E-state index contributed by atoms with van der Waals surface area (Å²) in [6.07, 6.45) is 6.53. The molecule has 1 aromatic carbocycles. The molecule has 0 aliphatic heterocycles. The number of halogens is 1. The van der Waals surface area contributed by atoms with Crippen molar-refractivity contribution in [2.24, 2.45) is 11.7 Å². The molecule has 1 aliphatic carbocycles. The third-order valence-corrected chi connectivity index (χ3v) is 3.71. The number of benzene rings is 1. The second-order valence-corrected chi connectivity index (χ2v) is 4.92. The van der Waals surface area contributed by atoms with E-state index in [-0.39, 0.29) is 6.04 Å². The van der Waals surface area contributed by atoms with Crippen molar-refractivity contribution < 1.29 is 0 Å². The molecule has 1 saturated carbocycles. The number of hydrogen-bond acceptors (Lipinski definition) is 1. The van der Waals surface area contributed by atoms with Crippen LogP contribution in [0.2, 0.25) is 5.02 Å². The average Bonchev–Trinajstić information content (AvgIpc) is 2.71. The van der Waals surface area contributed by atoms with E-state index in [2.05, 4.69) is 0 Å². The highest BCUT2D eigenvalue weighted by Crippen LogP contribution is 2.33. The Morgan fingerprint density at radius 3 is 2.60 bits per heavy atom. The Kier molecular flexibility index (Phi) is 3.66. The van der Waals surface area contributed by atoms with Gasteiger partial charge in [-0.25, -0.2) is 0 Å². The SMILES string of the molecule is NC(CC1CCCC1)c1ccccc1Cl. The quantitative estimate of drug-likeness (QED) is 0.826. The Labute approximate surface area is 96.6 Å². The predicted octanol–water partition coefficient (Wildman–Crippen LogP) is 3.92. The van der Waals surface area contributed by atoms with Gasteiger partial charge in [-0.1, -0.05) is 55.5 Å². The van der Waals surface area contributed by atoms with Crippen molar-refractivity contribution in [2.75, 3.05) is 0 Å². The fourth-order valence-electron chi connectivity index (χ4n) is 2.51. The maximum Gasteiger partial charge on any atom is 0.0453 e. The number of rotatable bonds is 3. The summed E-state index contributed by atoms with van der Waals surface area (Å²) in [6.45, 7) is 0. The van der Waals surface area contributed by atoms with Crippen molar-refractivity contribution in [1.29, 1.82) is 0 Å². The third-order valence-electron chi connectivity index (χ3n) is 3.37. The van der Waals surface area contributed by atoms with Gasteiger partial charge in [0, 0.05) is 11.1 Å². The summed E-state index contributed by atoms with van der Waals surface area (Å²) >= 11 is 6.12. The molecule has 1 aromatic rings. The van der Waals surface area contributed by atoms with Crippen LogP contribution in [-0.4, -0.2) is 0 Å². The molecule has 0 radical (unpaired) electrons. The van der Waals surface area contributed by atoms with Crippen LogP contribution in [0.4, 0.5) is 0 Å². The molecule has 2 N–H and O–H groups in total. The Hall–Kier alpha value is -0.530. The van der Waals surface area contributed by atoms with Gasteiger partial charge in [0.2, 0.25) is 0 Å². The second-order valence-electron chi connectivity index (χ2n) is 4.51. The van der Waals surface area contributed by atoms with Gasteiger partial charge in [-0.3, -0.25) is 0 Å². The van der Waals surface area contributed by atoms with E-state index in [9.17, 15) is 0 Å². The summed E-state index contributed by atoms with van der Waals surface area (Å²) in [6, 6.07) is 8.04. The highest BCUT2D eigenvalue weighted by Gasteiger charge is 2.19. The number of nitrogens with two attached hydrogens (primary N) is 1. The van der Waals surface area contributed by atoms with Crippen LogP contribution in [0.3, 0.4) is 0 Å². The fraction of sp³-hybridized carbons (Fsp3) is 0.538. The highest BCUT2D eigenvalue weighted by atomic mass is 35.5. The maximum absolute atomic E-state index is 6.19. The molecule has 15 heavy (non-hydrogen) atoms. The minimum absolute atomic E-state index is 0.113. The van der Waals surface area contributed by atoms with E-state index in [0.717, 1.165) is 22.9 Å². The topological polar surface area (TPSA) is 26.0 Å². The van der Waals surface area contributed by atoms with Gasteiger partial charge in [-0.2, -0.15) is 0 Å². The summed E-state index contributed by atoms with van der Waals surface area (Å²) in [5.74, 6) is 0.816. The minimum atomic E-state index is 0.113. The Balaban J connectivity index is 2.00. The van der Waals surface area contributed by atoms with Crippen molar-refractivity contribution >= 4 is 11.6 Å². The van der Waals surface area contributed by atoms with Crippen LogP contribution >= 0.6 is 11.6 Å². The lowest BCUT2D eigenvalue weighted by molar-refractivity contribution is 0.451. The number of hydrogen-bond donors (Lipinski definition) is 1. The Bertz CT molecular complexity index is 318. The van der Waals surface area contributed by atoms with Crippen molar-refractivity contribution in [3.63, 3.8) is 0 Å². The van der Waals surface area contributed by atoms with Crippen molar-refractivity contribution in [2.45, 2.75) is 38.1 Å². The lowest BCUT2D eigenvalue weighted by Crippen LogP contribution is -2.14. The van der Waals surface area contributed by atoms with Crippen LogP contribution in [0.5, 0.6) is 0 Å². The third kappa shape index (κ3) is 2.73. The molecule has 82 valence electrons. The molecule has 2 rings (SSSR count). The Morgan fingerprint density at radius 2 is 1.93 bits per heavy atom. The first kappa shape index (κ1) is 11.0. The summed E-state index contributed by atoms with van der Waals surface area (Å²) < 4.78 is 0. The fourth-order valence-corrected chi connectivity index (χ4v) is 2.78. The van der Waals surface area contributed by atoms with Gasteiger partial charge in [-0.05, 0) is 24.0 Å². The average molecular weight is 224 g/mol. The molecular weight excluding hydrogens is 206 g/mol. The van der Waals surface area contributed by atoms with E-state index in [4.69, 9.17) is 17.3 Å². The van der Waals surface area contributed by atoms with Crippen LogP contribution in [0.1, 0.15) is 43.7 Å². The first-order chi connectivity index (χ1) is 7.27. The van der Waals surface area contributed by atoms with Gasteiger partial charge in [-0.15, -0.1) is 0 Å². The lowest BCUT2D eigenvalue weighted by atomic mass is 9.94. The van der Waals surface area contributed by atoms with Crippen LogP contribution in [0.25, 0.3) is 0 Å². The predicted molar refractivity (Wildman–Crippen MR) is 65.0 cm³/mol. The molecule has 1 aliphatic rings. The molecule has 1 unspecified atom stereocenters. The van der Waals surface area contributed by atoms with Gasteiger partial charge in [0.05, 0.1) is 0 Å². The zero-order chi connectivity index (χ0) is 10.7. The molecule has 0 saturated heterocycles. The molecule has 2 heteroatoms. The van der Waals surface area contributed by atoms with E-state index in [0.29, 0.717) is 0 Å². The molecule has 0 spiro atoms. The smallest absolute Gasteiger partial charge is 0.0453 e. The zero-order valence-corrected chi connectivity index (χ0v) is 9.71. The lowest BCUT2D eigenvalue weighted by Gasteiger charge is -2.17. The summed E-state index contributed by atoms with van der Waals surface area (Å²) in [7, 11) is 0. The summed E-state index contributed by atoms with van der Waals surface area (Å²) in [5.41, 5.74) is 7.29. The standard InChI is InChI=1S/C13H18ClN/c14-12-8-4-3-7-11(12)13(15)9-10-5-1-2-6-10/h3-4,7-8,10,13H,1-2,5-6,9,15H2. The monoisotopic (exact) mass is 223 g/mol. The largest absolute Gasteiger partial charge is 0.324 e. The van der Waals surface area contributed by atoms with E-state index in [1.807, 2.05) is 24.3 Å². The first-order valence-electron chi connectivity index (χ1n) is 5.77. The maximum atomic E-state index is 6.19. The Morgan fingerprint density at radius 1 is 1.27 bits per heavy atom. The van der Waals surface area contributed by atoms with E-state index < -0.39 is 0 Å². The van der Waals surface area contributed by atoms with Crippen LogP contribution in [-0.2, 0) is 0 Å². The first-order valence-corrected chi connectivity index (χ1v) is 6.15. The normalized spacial score (nSPS) is 19.3. The summed E-state index contributed by atoms with van der Waals surface area (Å²) in [4.78, 5) is 0. The van der Waals surface area contributed by atoms with Crippen LogP contribution in [0.15, 0.2) is 24.3 Å². The van der Waals surface area contributed by atoms with Gasteiger partial charge in [0.25, 0.3) is 0 Å². The van der Waals surface area contributed by atoms with Gasteiger partial charge in [0.15, 0.2) is 0 Å². The van der Waals surface area contributed by atoms with Gasteiger partial charge in [0.1, 0.15) is 0 Å². The minimum Gasteiger partial charge on any atom is -0.324 e. The van der Waals surface area contributed by atoms with Crippen LogP contribution in [0, 0.1) is 5.92 Å². The van der Waals surface area contributed by atoms with Crippen molar-refractivity contribution in [3.05, 3.63) is 34.9 Å². The molecule has 1 fully saturated rings. The van der Waals surface area contributed by atoms with E-state index in [1.54, 1.807) is 0 Å². The van der Waals surface area contributed by atoms with Gasteiger partial charge >= 0.3 is 0 Å². The molecule has 0 aromatic heterocycles.